The first-order valence-corrected chi connectivity index (χ1v) is 9.58. The highest BCUT2D eigenvalue weighted by molar-refractivity contribution is 7.89. The molecule has 0 atom stereocenters. The third kappa shape index (κ3) is 3.81. The van der Waals surface area contributed by atoms with Crippen molar-refractivity contribution in [3.63, 3.8) is 0 Å². The molecule has 0 bridgehead atoms. The van der Waals surface area contributed by atoms with Gasteiger partial charge in [0.15, 0.2) is 5.76 Å². The molecule has 130 valence electrons. The summed E-state index contributed by atoms with van der Waals surface area (Å²) in [6.45, 7) is 4.26. The summed E-state index contributed by atoms with van der Waals surface area (Å²) in [5, 5.41) is 9.42. The van der Waals surface area contributed by atoms with Gasteiger partial charge in [0.05, 0.1) is 16.2 Å². The number of benzene rings is 2. The van der Waals surface area contributed by atoms with Gasteiger partial charge in [-0.15, -0.1) is 0 Å². The van der Waals surface area contributed by atoms with E-state index in [0.29, 0.717) is 11.7 Å². The maximum absolute atomic E-state index is 11.4. The highest BCUT2D eigenvalue weighted by Gasteiger charge is 2.20. The molecule has 0 radical (unpaired) electrons. The summed E-state index contributed by atoms with van der Waals surface area (Å²) in [6.07, 6.45) is 0.795. The molecule has 3 rings (SSSR count). The van der Waals surface area contributed by atoms with Crippen molar-refractivity contribution in [2.45, 2.75) is 25.2 Å². The topological polar surface area (TPSA) is 86.2 Å². The Balaban J connectivity index is 2.12. The fraction of sp³-hybridized carbons (Fsp3) is 0.211. The van der Waals surface area contributed by atoms with Crippen LogP contribution in [0.4, 0.5) is 0 Å². The van der Waals surface area contributed by atoms with Crippen molar-refractivity contribution in [1.29, 1.82) is 0 Å². The summed E-state index contributed by atoms with van der Waals surface area (Å²) in [5.41, 5.74) is 3.61. The molecule has 0 aliphatic carbocycles. The van der Waals surface area contributed by atoms with Gasteiger partial charge in [0.1, 0.15) is 0 Å². The van der Waals surface area contributed by atoms with Crippen LogP contribution in [0.5, 0.6) is 0 Å². The second kappa shape index (κ2) is 6.82. The van der Waals surface area contributed by atoms with E-state index < -0.39 is 10.0 Å². The molecule has 5 nitrogen and oxygen atoms in total. The molecule has 0 fully saturated rings. The normalized spacial score (nSPS) is 11.8. The van der Waals surface area contributed by atoms with Crippen molar-refractivity contribution in [2.75, 3.05) is 0 Å². The molecule has 1 aromatic heterocycles. The van der Waals surface area contributed by atoms with E-state index >= 15 is 0 Å². The quantitative estimate of drug-likeness (QED) is 0.752. The lowest BCUT2D eigenvalue weighted by atomic mass is 9.96. The highest BCUT2D eigenvalue weighted by Crippen LogP contribution is 2.36. The predicted octanol–water partition coefficient (Wildman–Crippen LogP) is 3.85. The second-order valence-electron chi connectivity index (χ2n) is 6.37. The Labute approximate surface area is 147 Å². The van der Waals surface area contributed by atoms with Crippen molar-refractivity contribution < 1.29 is 12.9 Å². The number of aromatic nitrogens is 1. The Hall–Kier alpha value is -2.44. The van der Waals surface area contributed by atoms with Crippen LogP contribution in [0.1, 0.15) is 19.5 Å². The van der Waals surface area contributed by atoms with Gasteiger partial charge in [-0.3, -0.25) is 0 Å². The first kappa shape index (κ1) is 17.4. The Kier molecular flexibility index (Phi) is 4.74. The van der Waals surface area contributed by atoms with E-state index in [2.05, 4.69) is 19.0 Å². The van der Waals surface area contributed by atoms with E-state index in [-0.39, 0.29) is 4.90 Å². The second-order valence-corrected chi connectivity index (χ2v) is 7.93. The number of hydrogen-bond donors (Lipinski definition) is 1. The summed E-state index contributed by atoms with van der Waals surface area (Å²) in [4.78, 5) is 0.0689. The molecule has 6 heteroatoms. The van der Waals surface area contributed by atoms with Crippen LogP contribution < -0.4 is 5.14 Å². The molecular weight excluding hydrogens is 336 g/mol. The first-order chi connectivity index (χ1) is 11.9. The Morgan fingerprint density at radius 2 is 1.64 bits per heavy atom. The number of nitrogens with two attached hydrogens (primary N) is 1. The van der Waals surface area contributed by atoms with Crippen molar-refractivity contribution >= 4 is 10.0 Å². The number of nitrogens with zero attached hydrogens (tertiary/aromatic N) is 1. The van der Waals surface area contributed by atoms with E-state index in [1.807, 2.05) is 30.3 Å². The molecule has 3 aromatic rings. The zero-order valence-corrected chi connectivity index (χ0v) is 15.0. The van der Waals surface area contributed by atoms with E-state index in [1.54, 1.807) is 12.1 Å². The first-order valence-electron chi connectivity index (χ1n) is 8.03. The fourth-order valence-electron chi connectivity index (χ4n) is 2.74. The van der Waals surface area contributed by atoms with Crippen LogP contribution in [-0.2, 0) is 16.4 Å². The number of hydrogen-bond acceptors (Lipinski definition) is 4. The van der Waals surface area contributed by atoms with Gasteiger partial charge in [-0.1, -0.05) is 49.3 Å². The van der Waals surface area contributed by atoms with Crippen molar-refractivity contribution in [3.8, 4) is 22.5 Å². The van der Waals surface area contributed by atoms with Crippen molar-refractivity contribution in [3.05, 3.63) is 60.3 Å². The lowest BCUT2D eigenvalue weighted by molar-refractivity contribution is 0.418. The van der Waals surface area contributed by atoms with Gasteiger partial charge >= 0.3 is 0 Å². The summed E-state index contributed by atoms with van der Waals surface area (Å²) >= 11 is 0. The Bertz CT molecular complexity index is 960. The Morgan fingerprint density at radius 1 is 1.00 bits per heavy atom. The average Bonchev–Trinajstić information content (AvgIpc) is 2.98. The van der Waals surface area contributed by atoms with Gasteiger partial charge in [0, 0.05) is 5.56 Å². The Morgan fingerprint density at radius 3 is 2.20 bits per heavy atom. The minimum absolute atomic E-state index is 0.0689. The van der Waals surface area contributed by atoms with Crippen LogP contribution in [0.25, 0.3) is 22.5 Å². The molecule has 2 aromatic carbocycles. The lowest BCUT2D eigenvalue weighted by Gasteiger charge is -2.07. The molecule has 0 amide bonds. The highest BCUT2D eigenvalue weighted by atomic mass is 32.2. The van der Waals surface area contributed by atoms with E-state index in [1.165, 1.54) is 12.1 Å². The monoisotopic (exact) mass is 356 g/mol. The smallest absolute Gasteiger partial charge is 0.238 e. The van der Waals surface area contributed by atoms with Gasteiger partial charge in [-0.2, -0.15) is 0 Å². The SMILES string of the molecule is CC(C)Cc1noc(-c2ccc(S(N)(=O)=O)cc2)c1-c1ccccc1. The van der Waals surface area contributed by atoms with Crippen molar-refractivity contribution in [1.82, 2.24) is 5.16 Å². The van der Waals surface area contributed by atoms with Gasteiger partial charge in [-0.25, -0.2) is 13.6 Å². The third-order valence-corrected chi connectivity index (χ3v) is 4.80. The zero-order chi connectivity index (χ0) is 18.0. The van der Waals surface area contributed by atoms with Crippen molar-refractivity contribution in [2.24, 2.45) is 11.1 Å². The van der Waals surface area contributed by atoms with Crippen LogP contribution in [0, 0.1) is 5.92 Å². The average molecular weight is 356 g/mol. The van der Waals surface area contributed by atoms with Gasteiger partial charge < -0.3 is 4.52 Å². The number of rotatable bonds is 5. The maximum atomic E-state index is 11.4. The largest absolute Gasteiger partial charge is 0.355 e. The summed E-state index contributed by atoms with van der Waals surface area (Å²) in [5.74, 6) is 1.06. The van der Waals surface area contributed by atoms with Gasteiger partial charge in [0.25, 0.3) is 0 Å². The molecule has 0 aliphatic rings. The molecule has 0 unspecified atom stereocenters. The minimum Gasteiger partial charge on any atom is -0.355 e. The molecule has 2 N–H and O–H groups in total. The summed E-state index contributed by atoms with van der Waals surface area (Å²) in [6, 6.07) is 16.2. The van der Waals surface area contributed by atoms with Crippen LogP contribution in [-0.4, -0.2) is 13.6 Å². The van der Waals surface area contributed by atoms with E-state index in [0.717, 1.165) is 28.8 Å². The van der Waals surface area contributed by atoms with Crippen LogP contribution in [0.3, 0.4) is 0 Å². The van der Waals surface area contributed by atoms with E-state index in [4.69, 9.17) is 9.66 Å². The molecular formula is C19H20N2O3S. The molecule has 25 heavy (non-hydrogen) atoms. The summed E-state index contributed by atoms with van der Waals surface area (Å²) < 4.78 is 28.5. The maximum Gasteiger partial charge on any atom is 0.238 e. The molecule has 0 spiro atoms. The number of sulfonamides is 1. The minimum atomic E-state index is -3.72. The van der Waals surface area contributed by atoms with Crippen LogP contribution in [0.2, 0.25) is 0 Å². The molecule has 0 saturated carbocycles. The van der Waals surface area contributed by atoms with Crippen LogP contribution >= 0.6 is 0 Å². The molecule has 0 aliphatic heterocycles. The van der Waals surface area contributed by atoms with Gasteiger partial charge in [0.2, 0.25) is 10.0 Å². The van der Waals surface area contributed by atoms with Crippen LogP contribution in [0.15, 0.2) is 64.0 Å². The zero-order valence-electron chi connectivity index (χ0n) is 14.1. The number of primary sulfonamides is 1. The summed E-state index contributed by atoms with van der Waals surface area (Å²) in [7, 11) is -3.72. The molecule has 0 saturated heterocycles. The van der Waals surface area contributed by atoms with Gasteiger partial charge in [-0.05, 0) is 42.2 Å². The predicted molar refractivity (Wildman–Crippen MR) is 97.3 cm³/mol. The standard InChI is InChI=1S/C19H20N2O3S/c1-13(2)12-17-18(14-6-4-3-5-7-14)19(24-21-17)15-8-10-16(11-9-15)25(20,22)23/h3-11,13H,12H2,1-2H3,(H2,20,22,23). The molecule has 1 heterocycles. The lowest BCUT2D eigenvalue weighted by Crippen LogP contribution is -2.11. The third-order valence-electron chi connectivity index (χ3n) is 3.87. The fourth-order valence-corrected chi connectivity index (χ4v) is 3.26. The van der Waals surface area contributed by atoms with E-state index in [9.17, 15) is 8.42 Å².